The first kappa shape index (κ1) is 13.9. The highest BCUT2D eigenvalue weighted by Crippen LogP contribution is 2.32. The lowest BCUT2D eigenvalue weighted by atomic mass is 10.1. The summed E-state index contributed by atoms with van der Waals surface area (Å²) >= 11 is 1.29. The number of fused-ring (bicyclic) bond motifs is 2. The zero-order valence-electron chi connectivity index (χ0n) is 12.2. The molecule has 4 rings (SSSR count). The van der Waals surface area contributed by atoms with Crippen LogP contribution in [-0.4, -0.2) is 15.6 Å². The number of para-hydroxylation sites is 2. The fourth-order valence-corrected chi connectivity index (χ4v) is 3.79. The summed E-state index contributed by atoms with van der Waals surface area (Å²) in [6, 6.07) is 12.4. The second-order valence-corrected chi connectivity index (χ2v) is 6.27. The van der Waals surface area contributed by atoms with Gasteiger partial charge >= 0.3 is 0 Å². The summed E-state index contributed by atoms with van der Waals surface area (Å²) in [6.45, 7) is 1.77. The van der Waals surface area contributed by atoms with Crippen molar-refractivity contribution in [2.24, 2.45) is 0 Å². The Morgan fingerprint density at radius 3 is 2.87 bits per heavy atom. The minimum atomic E-state index is -0.302. The molecular weight excluding hydrogens is 313 g/mol. The van der Waals surface area contributed by atoms with Crippen LogP contribution in [0.4, 0.5) is 4.39 Å². The fourth-order valence-electron chi connectivity index (χ4n) is 2.68. The molecule has 0 fully saturated rings. The Morgan fingerprint density at radius 1 is 1.22 bits per heavy atom. The molecule has 4 nitrogen and oxygen atoms in total. The van der Waals surface area contributed by atoms with Crippen molar-refractivity contribution in [3.8, 4) is 0 Å². The lowest BCUT2D eigenvalue weighted by molar-refractivity contribution is 0.101. The van der Waals surface area contributed by atoms with E-state index >= 15 is 0 Å². The molecule has 1 N–H and O–H groups in total. The van der Waals surface area contributed by atoms with E-state index in [1.807, 2.05) is 30.3 Å². The Kier molecular flexibility index (Phi) is 3.12. The summed E-state index contributed by atoms with van der Waals surface area (Å²) < 4.78 is 16.3. The molecule has 0 spiro atoms. The standard InChI is InChI=1S/C17H12FN3OS/c1-10-15-11(18)5-4-8-14(15)23-16(10)17(22)20-21-9-19-12-6-2-3-7-13(12)21/h2-9H,1H3,(H,20,22). The topological polar surface area (TPSA) is 46.9 Å². The molecule has 0 saturated carbocycles. The molecule has 2 aromatic heterocycles. The zero-order chi connectivity index (χ0) is 16.0. The molecule has 0 aliphatic rings. The molecule has 2 heterocycles. The Bertz CT molecular complexity index is 1050. The van der Waals surface area contributed by atoms with Crippen molar-refractivity contribution >= 4 is 38.4 Å². The summed E-state index contributed by atoms with van der Waals surface area (Å²) in [5.41, 5.74) is 5.07. The number of halogens is 1. The van der Waals surface area contributed by atoms with E-state index in [1.165, 1.54) is 17.4 Å². The maximum Gasteiger partial charge on any atom is 0.280 e. The van der Waals surface area contributed by atoms with E-state index < -0.39 is 0 Å². The summed E-state index contributed by atoms with van der Waals surface area (Å²) in [5, 5.41) is 0.512. The number of amides is 1. The van der Waals surface area contributed by atoms with Gasteiger partial charge in [-0.2, -0.15) is 0 Å². The van der Waals surface area contributed by atoms with Crippen LogP contribution in [0.15, 0.2) is 48.8 Å². The first-order valence-electron chi connectivity index (χ1n) is 7.06. The van der Waals surface area contributed by atoms with Crippen LogP contribution in [0.5, 0.6) is 0 Å². The molecule has 0 radical (unpaired) electrons. The van der Waals surface area contributed by atoms with Crippen molar-refractivity contribution in [2.45, 2.75) is 6.92 Å². The second kappa shape index (κ2) is 5.17. The van der Waals surface area contributed by atoms with Gasteiger partial charge < -0.3 is 0 Å². The first-order chi connectivity index (χ1) is 11.1. The Morgan fingerprint density at radius 2 is 2.04 bits per heavy atom. The summed E-state index contributed by atoms with van der Waals surface area (Å²) in [4.78, 5) is 17.3. The largest absolute Gasteiger partial charge is 0.280 e. The Hall–Kier alpha value is -2.73. The predicted molar refractivity (Wildman–Crippen MR) is 89.9 cm³/mol. The van der Waals surface area contributed by atoms with Crippen LogP contribution in [-0.2, 0) is 0 Å². The molecule has 2 aromatic carbocycles. The van der Waals surface area contributed by atoms with Crippen LogP contribution in [0.3, 0.4) is 0 Å². The number of nitrogens with one attached hydrogen (secondary N) is 1. The molecule has 23 heavy (non-hydrogen) atoms. The van der Waals surface area contributed by atoms with Gasteiger partial charge in [0.1, 0.15) is 12.1 Å². The van der Waals surface area contributed by atoms with E-state index in [9.17, 15) is 9.18 Å². The van der Waals surface area contributed by atoms with E-state index in [1.54, 1.807) is 24.0 Å². The van der Waals surface area contributed by atoms with Gasteiger partial charge in [0.2, 0.25) is 0 Å². The van der Waals surface area contributed by atoms with E-state index in [0.717, 1.165) is 15.7 Å². The predicted octanol–water partition coefficient (Wildman–Crippen LogP) is 4.08. The third-order valence-electron chi connectivity index (χ3n) is 3.78. The third kappa shape index (κ3) is 2.19. The molecule has 4 aromatic rings. The van der Waals surface area contributed by atoms with Crippen LogP contribution in [0.1, 0.15) is 15.2 Å². The van der Waals surface area contributed by atoms with Gasteiger partial charge in [-0.1, -0.05) is 18.2 Å². The number of hydrogen-bond acceptors (Lipinski definition) is 3. The average molecular weight is 325 g/mol. The molecule has 0 saturated heterocycles. The normalized spacial score (nSPS) is 11.2. The number of aryl methyl sites for hydroxylation is 1. The number of imidazole rings is 1. The van der Waals surface area contributed by atoms with Crippen molar-refractivity contribution in [2.75, 3.05) is 5.43 Å². The first-order valence-corrected chi connectivity index (χ1v) is 7.88. The number of rotatable bonds is 2. The molecule has 1 amide bonds. The highest BCUT2D eigenvalue weighted by Gasteiger charge is 2.18. The van der Waals surface area contributed by atoms with E-state index in [0.29, 0.717) is 15.8 Å². The van der Waals surface area contributed by atoms with Gasteiger partial charge in [-0.25, -0.2) is 14.1 Å². The fraction of sp³-hybridized carbons (Fsp3) is 0.0588. The number of carbonyl (C=O) groups excluding carboxylic acids is 1. The lowest BCUT2D eigenvalue weighted by Gasteiger charge is -2.06. The van der Waals surface area contributed by atoms with Gasteiger partial charge in [-0.05, 0) is 36.8 Å². The molecule has 0 bridgehead atoms. The molecular formula is C17H12FN3OS. The monoisotopic (exact) mass is 325 g/mol. The van der Waals surface area contributed by atoms with E-state index in [-0.39, 0.29) is 11.7 Å². The van der Waals surface area contributed by atoms with Crippen LogP contribution in [0.25, 0.3) is 21.1 Å². The van der Waals surface area contributed by atoms with Gasteiger partial charge in [0.25, 0.3) is 5.91 Å². The van der Waals surface area contributed by atoms with Crippen molar-refractivity contribution in [1.82, 2.24) is 9.66 Å². The van der Waals surface area contributed by atoms with Gasteiger partial charge in [0, 0.05) is 10.1 Å². The van der Waals surface area contributed by atoms with Gasteiger partial charge in [0.15, 0.2) is 0 Å². The maximum atomic E-state index is 14.0. The Labute approximate surface area is 135 Å². The quantitative estimate of drug-likeness (QED) is 0.603. The molecule has 0 atom stereocenters. The Balaban J connectivity index is 1.75. The van der Waals surface area contributed by atoms with Gasteiger partial charge in [0.05, 0.1) is 15.9 Å². The average Bonchev–Trinajstić information content (AvgIpc) is 3.10. The number of thiophene rings is 1. The summed E-state index contributed by atoms with van der Waals surface area (Å²) in [5.74, 6) is -0.574. The molecule has 0 aliphatic heterocycles. The SMILES string of the molecule is Cc1c(C(=O)Nn2cnc3ccccc32)sc2cccc(F)c12. The van der Waals surface area contributed by atoms with Crippen LogP contribution in [0, 0.1) is 12.7 Å². The number of hydrogen-bond donors (Lipinski definition) is 1. The third-order valence-corrected chi connectivity index (χ3v) is 5.04. The maximum absolute atomic E-state index is 14.0. The van der Waals surface area contributed by atoms with Crippen molar-refractivity contribution in [3.63, 3.8) is 0 Å². The van der Waals surface area contributed by atoms with E-state index in [4.69, 9.17) is 0 Å². The second-order valence-electron chi connectivity index (χ2n) is 5.21. The van der Waals surface area contributed by atoms with Crippen molar-refractivity contribution < 1.29 is 9.18 Å². The molecule has 114 valence electrons. The molecule has 0 aliphatic carbocycles. The minimum absolute atomic E-state index is 0.272. The summed E-state index contributed by atoms with van der Waals surface area (Å²) in [6.07, 6.45) is 1.56. The van der Waals surface area contributed by atoms with Crippen molar-refractivity contribution in [1.29, 1.82) is 0 Å². The highest BCUT2D eigenvalue weighted by atomic mass is 32.1. The number of nitrogens with zero attached hydrogens (tertiary/aromatic N) is 2. The smallest absolute Gasteiger partial charge is 0.266 e. The highest BCUT2D eigenvalue weighted by molar-refractivity contribution is 7.21. The molecule has 0 unspecified atom stereocenters. The lowest BCUT2D eigenvalue weighted by Crippen LogP contribution is -2.21. The van der Waals surface area contributed by atoms with Crippen LogP contribution < -0.4 is 5.43 Å². The number of carbonyl (C=O) groups is 1. The van der Waals surface area contributed by atoms with Gasteiger partial charge in [-0.15, -0.1) is 11.3 Å². The summed E-state index contributed by atoms with van der Waals surface area (Å²) in [7, 11) is 0. The minimum Gasteiger partial charge on any atom is -0.266 e. The number of benzene rings is 2. The molecule has 6 heteroatoms. The van der Waals surface area contributed by atoms with Crippen LogP contribution >= 0.6 is 11.3 Å². The number of aromatic nitrogens is 2. The van der Waals surface area contributed by atoms with E-state index in [2.05, 4.69) is 10.4 Å². The van der Waals surface area contributed by atoms with Crippen molar-refractivity contribution in [3.05, 3.63) is 65.0 Å². The van der Waals surface area contributed by atoms with Crippen LogP contribution in [0.2, 0.25) is 0 Å². The zero-order valence-corrected chi connectivity index (χ0v) is 13.0. The van der Waals surface area contributed by atoms with Gasteiger partial charge in [-0.3, -0.25) is 10.2 Å².